The van der Waals surface area contributed by atoms with Crippen LogP contribution in [0.15, 0.2) is 35.4 Å². The van der Waals surface area contributed by atoms with Crippen molar-refractivity contribution in [3.63, 3.8) is 0 Å². The molecule has 0 radical (unpaired) electrons. The summed E-state index contributed by atoms with van der Waals surface area (Å²) in [4.78, 5) is 0. The highest BCUT2D eigenvalue weighted by Gasteiger charge is 2.18. The van der Waals surface area contributed by atoms with Crippen molar-refractivity contribution in [1.82, 2.24) is 5.43 Å². The number of hydrogen-bond donors (Lipinski definition) is 1. The van der Waals surface area contributed by atoms with Gasteiger partial charge in [-0.2, -0.15) is 5.10 Å². The molecule has 0 aromatic heterocycles. The number of nitrogens with zero attached hydrogens (tertiary/aromatic N) is 1. The summed E-state index contributed by atoms with van der Waals surface area (Å²) in [5.41, 5.74) is 6.05. The van der Waals surface area contributed by atoms with E-state index in [0.717, 1.165) is 0 Å². The molecule has 22 heavy (non-hydrogen) atoms. The van der Waals surface area contributed by atoms with Crippen LogP contribution in [0.25, 0.3) is 0 Å². The molecule has 0 spiro atoms. The third-order valence-corrected chi connectivity index (χ3v) is 4.83. The fourth-order valence-corrected chi connectivity index (χ4v) is 3.38. The molecule has 2 heteroatoms. The number of nitrogens with one attached hydrogen (secondary N) is 1. The average Bonchev–Trinajstić information content (AvgIpc) is 2.59. The molecule has 1 N–H and O–H groups in total. The maximum atomic E-state index is 4.91. The van der Waals surface area contributed by atoms with Crippen molar-refractivity contribution >= 4 is 5.71 Å². The quantitative estimate of drug-likeness (QED) is 0.495. The molecule has 122 valence electrons. The van der Waals surface area contributed by atoms with Crippen LogP contribution in [0.1, 0.15) is 77.2 Å². The number of hydrazone groups is 1. The largest absolute Gasteiger partial charge is 0.307 e. The second kappa shape index (κ2) is 9.66. The first-order valence-electron chi connectivity index (χ1n) is 9.23. The van der Waals surface area contributed by atoms with Gasteiger partial charge in [-0.1, -0.05) is 76.3 Å². The van der Waals surface area contributed by atoms with E-state index in [-0.39, 0.29) is 0 Å². The van der Waals surface area contributed by atoms with E-state index in [1.165, 1.54) is 69.1 Å². The van der Waals surface area contributed by atoms with Crippen molar-refractivity contribution in [3.05, 3.63) is 35.9 Å². The third kappa shape index (κ3) is 5.15. The van der Waals surface area contributed by atoms with Gasteiger partial charge in [0.05, 0.1) is 5.71 Å². The summed E-state index contributed by atoms with van der Waals surface area (Å²) < 4.78 is 0. The molecule has 1 aliphatic carbocycles. The Hall–Kier alpha value is -1.31. The van der Waals surface area contributed by atoms with Crippen molar-refractivity contribution in [2.75, 3.05) is 0 Å². The normalized spacial score (nSPS) is 18.2. The average molecular weight is 300 g/mol. The number of hydrogen-bond acceptors (Lipinski definition) is 2. The van der Waals surface area contributed by atoms with Gasteiger partial charge in [-0.3, -0.25) is 0 Å². The zero-order valence-corrected chi connectivity index (χ0v) is 14.4. The van der Waals surface area contributed by atoms with Crippen LogP contribution in [0.4, 0.5) is 0 Å². The monoisotopic (exact) mass is 300 g/mol. The van der Waals surface area contributed by atoms with Gasteiger partial charge in [0.1, 0.15) is 0 Å². The van der Waals surface area contributed by atoms with Crippen LogP contribution in [0.2, 0.25) is 0 Å². The summed E-state index contributed by atoms with van der Waals surface area (Å²) in [5, 5.41) is 4.91. The van der Waals surface area contributed by atoms with Gasteiger partial charge in [-0.05, 0) is 31.2 Å². The Labute approximate surface area is 136 Å². The highest BCUT2D eigenvalue weighted by molar-refractivity contribution is 6.02. The van der Waals surface area contributed by atoms with Gasteiger partial charge in [0.15, 0.2) is 0 Å². The first kappa shape index (κ1) is 17.1. The van der Waals surface area contributed by atoms with Crippen molar-refractivity contribution in [3.8, 4) is 0 Å². The Balaban J connectivity index is 2.12. The highest BCUT2D eigenvalue weighted by Crippen LogP contribution is 2.21. The summed E-state index contributed by atoms with van der Waals surface area (Å²) in [7, 11) is 0. The Kier molecular flexibility index (Phi) is 7.48. The van der Waals surface area contributed by atoms with Crippen LogP contribution in [0.3, 0.4) is 0 Å². The zero-order chi connectivity index (χ0) is 15.6. The fourth-order valence-electron chi connectivity index (χ4n) is 3.38. The summed E-state index contributed by atoms with van der Waals surface area (Å²) in [5.74, 6) is 0.568. The molecule has 2 rings (SSSR count). The molecule has 2 nitrogen and oxygen atoms in total. The number of benzene rings is 1. The SMILES string of the molecule is CCCCC(CC)C(=NNC1CCCCC1)c1ccccc1. The Morgan fingerprint density at radius 3 is 2.50 bits per heavy atom. The van der Waals surface area contributed by atoms with Gasteiger partial charge in [0, 0.05) is 12.0 Å². The van der Waals surface area contributed by atoms with E-state index in [4.69, 9.17) is 5.10 Å². The van der Waals surface area contributed by atoms with E-state index in [9.17, 15) is 0 Å². The molecule has 1 fully saturated rings. The van der Waals surface area contributed by atoms with Gasteiger partial charge in [-0.25, -0.2) is 0 Å². The Morgan fingerprint density at radius 1 is 1.14 bits per heavy atom. The summed E-state index contributed by atoms with van der Waals surface area (Å²) in [6.45, 7) is 4.56. The number of unbranched alkanes of at least 4 members (excludes halogenated alkanes) is 1. The molecule has 0 saturated heterocycles. The molecule has 1 aliphatic rings. The predicted molar refractivity (Wildman–Crippen MR) is 96.3 cm³/mol. The molecular formula is C20H32N2. The maximum absolute atomic E-state index is 4.91. The third-order valence-electron chi connectivity index (χ3n) is 4.83. The minimum absolute atomic E-state index is 0.568. The molecule has 0 bridgehead atoms. The van der Waals surface area contributed by atoms with E-state index in [0.29, 0.717) is 12.0 Å². The first-order chi connectivity index (χ1) is 10.8. The second-order valence-corrected chi connectivity index (χ2v) is 6.57. The minimum atomic E-state index is 0.568. The van der Waals surface area contributed by atoms with Crippen LogP contribution >= 0.6 is 0 Å². The molecular weight excluding hydrogens is 268 g/mol. The van der Waals surface area contributed by atoms with Crippen LogP contribution in [0, 0.1) is 5.92 Å². The predicted octanol–water partition coefficient (Wildman–Crippen LogP) is 5.53. The van der Waals surface area contributed by atoms with Gasteiger partial charge in [0.2, 0.25) is 0 Å². The lowest BCUT2D eigenvalue weighted by atomic mass is 9.90. The van der Waals surface area contributed by atoms with Gasteiger partial charge >= 0.3 is 0 Å². The standard InChI is InChI=1S/C20H32N2/c1-3-5-12-17(4-2)20(18-13-8-6-9-14-18)22-21-19-15-10-7-11-16-19/h6,8-9,13-14,17,19,21H,3-5,7,10-12,15-16H2,1-2H3. The van der Waals surface area contributed by atoms with Crippen LogP contribution in [0.5, 0.6) is 0 Å². The molecule has 1 unspecified atom stereocenters. The minimum Gasteiger partial charge on any atom is -0.307 e. The number of rotatable bonds is 8. The lowest BCUT2D eigenvalue weighted by molar-refractivity contribution is 0.379. The molecule has 1 atom stereocenters. The lowest BCUT2D eigenvalue weighted by Gasteiger charge is -2.24. The molecule has 0 aliphatic heterocycles. The maximum Gasteiger partial charge on any atom is 0.0706 e. The molecule has 0 amide bonds. The van der Waals surface area contributed by atoms with Crippen LogP contribution in [-0.2, 0) is 0 Å². The zero-order valence-electron chi connectivity index (χ0n) is 14.4. The van der Waals surface area contributed by atoms with Crippen molar-refractivity contribution < 1.29 is 0 Å². The van der Waals surface area contributed by atoms with Crippen LogP contribution < -0.4 is 5.43 Å². The second-order valence-electron chi connectivity index (χ2n) is 6.57. The molecule has 1 saturated carbocycles. The smallest absolute Gasteiger partial charge is 0.0706 e. The Bertz CT molecular complexity index is 432. The highest BCUT2D eigenvalue weighted by atomic mass is 15.3. The van der Waals surface area contributed by atoms with E-state index in [1.807, 2.05) is 0 Å². The lowest BCUT2D eigenvalue weighted by Crippen LogP contribution is -2.29. The van der Waals surface area contributed by atoms with E-state index in [2.05, 4.69) is 49.6 Å². The summed E-state index contributed by atoms with van der Waals surface area (Å²) >= 11 is 0. The van der Waals surface area contributed by atoms with Gasteiger partial charge < -0.3 is 5.43 Å². The summed E-state index contributed by atoms with van der Waals surface area (Å²) in [6, 6.07) is 11.3. The van der Waals surface area contributed by atoms with Crippen molar-refractivity contribution in [1.29, 1.82) is 0 Å². The first-order valence-corrected chi connectivity index (χ1v) is 9.23. The van der Waals surface area contributed by atoms with Gasteiger partial charge in [-0.15, -0.1) is 0 Å². The van der Waals surface area contributed by atoms with E-state index in [1.54, 1.807) is 0 Å². The Morgan fingerprint density at radius 2 is 1.86 bits per heavy atom. The fraction of sp³-hybridized carbons (Fsp3) is 0.650. The van der Waals surface area contributed by atoms with Crippen LogP contribution in [-0.4, -0.2) is 11.8 Å². The molecule has 1 aromatic rings. The van der Waals surface area contributed by atoms with E-state index < -0.39 is 0 Å². The summed E-state index contributed by atoms with van der Waals surface area (Å²) in [6.07, 6.45) is 11.6. The van der Waals surface area contributed by atoms with Crippen molar-refractivity contribution in [2.45, 2.75) is 77.7 Å². The molecule has 1 aromatic carbocycles. The molecule has 0 heterocycles. The topological polar surface area (TPSA) is 24.4 Å². The van der Waals surface area contributed by atoms with Crippen molar-refractivity contribution in [2.24, 2.45) is 11.0 Å². The van der Waals surface area contributed by atoms with Gasteiger partial charge in [0.25, 0.3) is 0 Å². The van der Waals surface area contributed by atoms with E-state index >= 15 is 0 Å².